The Morgan fingerprint density at radius 1 is 1.30 bits per heavy atom. The molecule has 1 fully saturated rings. The highest BCUT2D eigenvalue weighted by Crippen LogP contribution is 2.37. The van der Waals surface area contributed by atoms with Crippen molar-refractivity contribution >= 4 is 12.1 Å². The largest absolute Gasteiger partial charge is 0.480 e. The Hall–Kier alpha value is -2.22. The van der Waals surface area contributed by atoms with Gasteiger partial charge in [0.2, 0.25) is 0 Å². The van der Waals surface area contributed by atoms with E-state index in [0.717, 1.165) is 12.1 Å². The second-order valence-corrected chi connectivity index (χ2v) is 4.62. The van der Waals surface area contributed by atoms with Crippen molar-refractivity contribution in [2.75, 3.05) is 6.54 Å². The summed E-state index contributed by atoms with van der Waals surface area (Å²) in [5, 5.41) is 28.2. The van der Waals surface area contributed by atoms with Gasteiger partial charge in [0, 0.05) is 18.1 Å². The fraction of sp³-hybridized carbons (Fsp3) is 0.333. The van der Waals surface area contributed by atoms with Crippen LogP contribution in [-0.4, -0.2) is 44.9 Å². The van der Waals surface area contributed by atoms with E-state index in [-0.39, 0.29) is 5.56 Å². The number of aliphatic carboxylic acids is 1. The maximum atomic E-state index is 13.7. The zero-order chi connectivity index (χ0) is 15.1. The van der Waals surface area contributed by atoms with Crippen LogP contribution in [0.4, 0.5) is 13.6 Å². The molecule has 1 heterocycles. The molecular weight excluding hydrogens is 276 g/mol. The van der Waals surface area contributed by atoms with E-state index in [1.165, 1.54) is 0 Å². The first kappa shape index (κ1) is 14.2. The Kier molecular flexibility index (Phi) is 3.34. The van der Waals surface area contributed by atoms with Crippen LogP contribution in [0.15, 0.2) is 18.2 Å². The number of likely N-dealkylation sites (tertiary alicyclic amines) is 1. The zero-order valence-corrected chi connectivity index (χ0v) is 10.1. The van der Waals surface area contributed by atoms with Crippen molar-refractivity contribution in [3.05, 3.63) is 35.4 Å². The SMILES string of the molecule is O=C(O)C1CC(O)(c2ccc(F)cc2F)CN1C(=O)O. The van der Waals surface area contributed by atoms with Gasteiger partial charge in [0.15, 0.2) is 0 Å². The van der Waals surface area contributed by atoms with Crippen molar-refractivity contribution in [1.29, 1.82) is 0 Å². The highest BCUT2D eigenvalue weighted by atomic mass is 19.1. The molecule has 1 aromatic rings. The number of halogens is 2. The van der Waals surface area contributed by atoms with Crippen molar-refractivity contribution in [2.24, 2.45) is 0 Å². The van der Waals surface area contributed by atoms with E-state index in [9.17, 15) is 23.5 Å². The van der Waals surface area contributed by atoms with Gasteiger partial charge in [-0.3, -0.25) is 4.90 Å². The number of hydrogen-bond acceptors (Lipinski definition) is 3. The number of amides is 1. The first-order valence-corrected chi connectivity index (χ1v) is 5.65. The maximum Gasteiger partial charge on any atom is 0.408 e. The summed E-state index contributed by atoms with van der Waals surface area (Å²) in [7, 11) is 0. The number of β-amino-alcohol motifs (C(OH)–C–C–N with tert-alkyl or cyclic N) is 1. The van der Waals surface area contributed by atoms with Crippen LogP contribution in [0.1, 0.15) is 12.0 Å². The Labute approximate surface area is 111 Å². The summed E-state index contributed by atoms with van der Waals surface area (Å²) in [6.45, 7) is -0.595. The predicted molar refractivity (Wildman–Crippen MR) is 61.0 cm³/mol. The molecule has 0 aliphatic carbocycles. The predicted octanol–water partition coefficient (Wildman–Crippen LogP) is 0.989. The van der Waals surface area contributed by atoms with Crippen LogP contribution in [0.25, 0.3) is 0 Å². The Balaban J connectivity index is 2.41. The van der Waals surface area contributed by atoms with Gasteiger partial charge < -0.3 is 15.3 Å². The third-order valence-corrected chi connectivity index (χ3v) is 3.30. The summed E-state index contributed by atoms with van der Waals surface area (Å²) >= 11 is 0. The van der Waals surface area contributed by atoms with Crippen LogP contribution in [-0.2, 0) is 10.4 Å². The summed E-state index contributed by atoms with van der Waals surface area (Å²) in [4.78, 5) is 22.5. The second-order valence-electron chi connectivity index (χ2n) is 4.62. The number of carboxylic acids is 1. The lowest BCUT2D eigenvalue weighted by atomic mass is 9.90. The molecule has 108 valence electrons. The van der Waals surface area contributed by atoms with Crippen molar-refractivity contribution in [3.8, 4) is 0 Å². The lowest BCUT2D eigenvalue weighted by Crippen LogP contribution is -2.40. The van der Waals surface area contributed by atoms with Gasteiger partial charge in [-0.2, -0.15) is 0 Å². The second kappa shape index (κ2) is 4.71. The summed E-state index contributed by atoms with van der Waals surface area (Å²) < 4.78 is 26.5. The van der Waals surface area contributed by atoms with E-state index >= 15 is 0 Å². The van der Waals surface area contributed by atoms with Crippen molar-refractivity contribution in [1.82, 2.24) is 4.90 Å². The molecular formula is C12H11F2NO5. The molecule has 0 aromatic heterocycles. The highest BCUT2D eigenvalue weighted by Gasteiger charge is 2.50. The van der Waals surface area contributed by atoms with E-state index in [0.29, 0.717) is 11.0 Å². The third-order valence-electron chi connectivity index (χ3n) is 3.30. The molecule has 0 radical (unpaired) electrons. The molecule has 8 heteroatoms. The van der Waals surface area contributed by atoms with Gasteiger partial charge in [0.05, 0.1) is 6.54 Å². The third kappa shape index (κ3) is 2.29. The van der Waals surface area contributed by atoms with E-state index in [4.69, 9.17) is 10.2 Å². The van der Waals surface area contributed by atoms with E-state index in [1.807, 2.05) is 0 Å². The van der Waals surface area contributed by atoms with Crippen molar-refractivity contribution in [2.45, 2.75) is 18.1 Å². The molecule has 0 spiro atoms. The highest BCUT2D eigenvalue weighted by molar-refractivity contribution is 5.80. The molecule has 1 aliphatic heterocycles. The van der Waals surface area contributed by atoms with Crippen LogP contribution < -0.4 is 0 Å². The molecule has 2 unspecified atom stereocenters. The smallest absolute Gasteiger partial charge is 0.408 e. The minimum atomic E-state index is -2.00. The summed E-state index contributed by atoms with van der Waals surface area (Å²) in [6.07, 6.45) is -2.03. The molecule has 1 saturated heterocycles. The Morgan fingerprint density at radius 3 is 2.40 bits per heavy atom. The molecule has 1 aromatic carbocycles. The van der Waals surface area contributed by atoms with Gasteiger partial charge in [-0.15, -0.1) is 0 Å². The summed E-state index contributed by atoms with van der Waals surface area (Å²) in [6, 6.07) is 0.957. The quantitative estimate of drug-likeness (QED) is 0.753. The average Bonchev–Trinajstić information content (AvgIpc) is 2.68. The van der Waals surface area contributed by atoms with Crippen molar-refractivity contribution in [3.63, 3.8) is 0 Å². The fourth-order valence-corrected chi connectivity index (χ4v) is 2.37. The molecule has 0 bridgehead atoms. The molecule has 3 N–H and O–H groups in total. The van der Waals surface area contributed by atoms with E-state index in [1.54, 1.807) is 0 Å². The normalized spacial score (nSPS) is 25.8. The van der Waals surface area contributed by atoms with Crippen LogP contribution in [0.5, 0.6) is 0 Å². The van der Waals surface area contributed by atoms with Gasteiger partial charge >= 0.3 is 12.1 Å². The van der Waals surface area contributed by atoms with Crippen LogP contribution in [0.3, 0.4) is 0 Å². The monoisotopic (exact) mass is 287 g/mol. The van der Waals surface area contributed by atoms with Gasteiger partial charge in [-0.1, -0.05) is 6.07 Å². The lowest BCUT2D eigenvalue weighted by molar-refractivity contribution is -0.141. The van der Waals surface area contributed by atoms with Crippen molar-refractivity contribution < 1.29 is 33.7 Å². The summed E-state index contributed by atoms with van der Waals surface area (Å²) in [5.74, 6) is -3.34. The van der Waals surface area contributed by atoms with E-state index < -0.39 is 48.3 Å². The molecule has 2 atom stereocenters. The number of aliphatic hydroxyl groups is 1. The molecule has 6 nitrogen and oxygen atoms in total. The first-order valence-electron chi connectivity index (χ1n) is 5.65. The minimum absolute atomic E-state index is 0.325. The molecule has 2 rings (SSSR count). The van der Waals surface area contributed by atoms with E-state index in [2.05, 4.69) is 0 Å². The minimum Gasteiger partial charge on any atom is -0.480 e. The van der Waals surface area contributed by atoms with Gasteiger partial charge in [-0.05, 0) is 6.07 Å². The van der Waals surface area contributed by atoms with Crippen LogP contribution in [0, 0.1) is 11.6 Å². The molecule has 0 saturated carbocycles. The number of carboxylic acid groups (broad SMARTS) is 2. The average molecular weight is 287 g/mol. The summed E-state index contributed by atoms with van der Waals surface area (Å²) in [5.41, 5.74) is -2.33. The first-order chi connectivity index (χ1) is 9.24. The van der Waals surface area contributed by atoms with Gasteiger partial charge in [-0.25, -0.2) is 18.4 Å². The molecule has 1 amide bonds. The van der Waals surface area contributed by atoms with Crippen LogP contribution in [0.2, 0.25) is 0 Å². The van der Waals surface area contributed by atoms with Gasteiger partial charge in [0.1, 0.15) is 23.3 Å². The maximum absolute atomic E-state index is 13.7. The number of rotatable bonds is 2. The number of hydrogen-bond donors (Lipinski definition) is 3. The Morgan fingerprint density at radius 2 is 1.95 bits per heavy atom. The molecule has 20 heavy (non-hydrogen) atoms. The number of carbonyl (C=O) groups is 2. The van der Waals surface area contributed by atoms with Gasteiger partial charge in [0.25, 0.3) is 0 Å². The zero-order valence-electron chi connectivity index (χ0n) is 10.1. The standard InChI is InChI=1S/C12H11F2NO5/c13-6-1-2-7(8(14)3-6)12(20)4-9(10(16)17)15(5-12)11(18)19/h1-3,9,20H,4-5H2,(H,16,17)(H,18,19). The Bertz CT molecular complexity index is 555. The fourth-order valence-electron chi connectivity index (χ4n) is 2.37. The number of benzene rings is 1. The molecule has 1 aliphatic rings. The lowest BCUT2D eigenvalue weighted by Gasteiger charge is -2.23. The number of nitrogens with zero attached hydrogens (tertiary/aromatic N) is 1. The topological polar surface area (TPSA) is 98.1 Å². The van der Waals surface area contributed by atoms with Crippen LogP contribution >= 0.6 is 0 Å².